The molecule has 0 radical (unpaired) electrons. The van der Waals surface area contributed by atoms with Gasteiger partial charge in [0.25, 0.3) is 5.91 Å². The number of sulfonamides is 1. The predicted molar refractivity (Wildman–Crippen MR) is 106 cm³/mol. The predicted octanol–water partition coefficient (Wildman–Crippen LogP) is 3.43. The van der Waals surface area contributed by atoms with Crippen LogP contribution in [0.5, 0.6) is 5.75 Å². The van der Waals surface area contributed by atoms with Crippen molar-refractivity contribution in [3.63, 3.8) is 0 Å². The maximum absolute atomic E-state index is 12.9. The van der Waals surface area contributed by atoms with E-state index in [4.69, 9.17) is 0 Å². The molecule has 6 nitrogen and oxygen atoms in total. The van der Waals surface area contributed by atoms with E-state index in [1.165, 1.54) is 37.2 Å². The molecule has 2 aromatic carbocycles. The van der Waals surface area contributed by atoms with Crippen LogP contribution in [0.4, 0.5) is 8.78 Å². The molecule has 0 heterocycles. The van der Waals surface area contributed by atoms with Gasteiger partial charge in [0.05, 0.1) is 4.90 Å². The van der Waals surface area contributed by atoms with Gasteiger partial charge in [0, 0.05) is 33.3 Å². The van der Waals surface area contributed by atoms with Crippen LogP contribution in [0.25, 0.3) is 0 Å². The topological polar surface area (TPSA) is 66.9 Å². The average Bonchev–Trinajstić information content (AvgIpc) is 2.64. The van der Waals surface area contributed by atoms with E-state index in [9.17, 15) is 22.0 Å². The number of nitrogens with zero attached hydrogens (tertiary/aromatic N) is 2. The van der Waals surface area contributed by atoms with Gasteiger partial charge in [-0.25, -0.2) is 12.7 Å². The van der Waals surface area contributed by atoms with E-state index in [0.717, 1.165) is 4.31 Å². The lowest BCUT2D eigenvalue weighted by molar-refractivity contribution is -0.0498. The Bertz CT molecular complexity index is 990. The number of carbonyl (C=O) groups is 1. The molecule has 0 saturated carbocycles. The molecule has 2 aromatic rings. The van der Waals surface area contributed by atoms with E-state index in [0.29, 0.717) is 16.7 Å². The molecule has 0 spiro atoms. The zero-order valence-corrected chi connectivity index (χ0v) is 17.8. The van der Waals surface area contributed by atoms with Crippen molar-refractivity contribution < 1.29 is 26.7 Å². The van der Waals surface area contributed by atoms with Gasteiger partial charge in [0.1, 0.15) is 5.75 Å². The number of amides is 1. The number of rotatable bonds is 7. The van der Waals surface area contributed by atoms with Gasteiger partial charge < -0.3 is 9.64 Å². The van der Waals surface area contributed by atoms with Crippen LogP contribution < -0.4 is 4.74 Å². The normalized spacial score (nSPS) is 11.8. The molecular formula is C20H24F2N2O4S. The summed E-state index contributed by atoms with van der Waals surface area (Å²) in [5.74, 6) is -0.318. The van der Waals surface area contributed by atoms with Crippen LogP contribution in [0, 0.1) is 13.8 Å². The Morgan fingerprint density at radius 3 is 2.17 bits per heavy atom. The number of ether oxygens (including phenoxy) is 1. The van der Waals surface area contributed by atoms with Crippen LogP contribution in [0.15, 0.2) is 41.3 Å². The standard InChI is InChI=1S/C20H24F2N2O4S/c1-13-10-16(11-18(14(13)2)29(26,27)23(3)4)19(25)24(5)12-15-6-8-17(9-7-15)28-20(21)22/h6-11,20H,12H2,1-5H3. The van der Waals surface area contributed by atoms with E-state index in [1.54, 1.807) is 39.1 Å². The molecule has 0 saturated heterocycles. The molecule has 158 valence electrons. The number of aryl methyl sites for hydroxylation is 1. The second-order valence-electron chi connectivity index (χ2n) is 6.89. The summed E-state index contributed by atoms with van der Waals surface area (Å²) in [4.78, 5) is 14.4. The first-order valence-corrected chi connectivity index (χ1v) is 10.2. The molecule has 0 unspecified atom stereocenters. The molecule has 0 aliphatic heterocycles. The van der Waals surface area contributed by atoms with Crippen molar-refractivity contribution in [3.05, 3.63) is 58.7 Å². The maximum Gasteiger partial charge on any atom is 0.387 e. The highest BCUT2D eigenvalue weighted by atomic mass is 32.2. The molecule has 0 aliphatic rings. The van der Waals surface area contributed by atoms with Gasteiger partial charge in [-0.2, -0.15) is 8.78 Å². The molecule has 0 N–H and O–H groups in total. The summed E-state index contributed by atoms with van der Waals surface area (Å²) in [7, 11) is 0.760. The smallest absolute Gasteiger partial charge is 0.387 e. The van der Waals surface area contributed by atoms with Gasteiger partial charge in [0.2, 0.25) is 10.0 Å². The number of alkyl halides is 2. The lowest BCUT2D eigenvalue weighted by Crippen LogP contribution is -2.28. The molecule has 0 atom stereocenters. The van der Waals surface area contributed by atoms with Crippen molar-refractivity contribution in [1.82, 2.24) is 9.21 Å². The molecule has 2 rings (SSSR count). The fourth-order valence-corrected chi connectivity index (χ4v) is 3.97. The monoisotopic (exact) mass is 426 g/mol. The molecule has 0 aromatic heterocycles. The average molecular weight is 426 g/mol. The van der Waals surface area contributed by atoms with E-state index in [2.05, 4.69) is 4.74 Å². The van der Waals surface area contributed by atoms with Crippen LogP contribution in [-0.2, 0) is 16.6 Å². The third kappa shape index (κ3) is 5.30. The summed E-state index contributed by atoms with van der Waals surface area (Å²) in [5.41, 5.74) is 2.26. The number of hydrogen-bond donors (Lipinski definition) is 0. The second kappa shape index (κ2) is 8.87. The Hall–Kier alpha value is -2.52. The first-order chi connectivity index (χ1) is 13.4. The summed E-state index contributed by atoms with van der Waals surface area (Å²) in [6.07, 6.45) is 0. The van der Waals surface area contributed by atoms with E-state index < -0.39 is 16.6 Å². The maximum atomic E-state index is 12.9. The fraction of sp³-hybridized carbons (Fsp3) is 0.350. The van der Waals surface area contributed by atoms with Crippen LogP contribution in [0.3, 0.4) is 0 Å². The molecular weight excluding hydrogens is 402 g/mol. The summed E-state index contributed by atoms with van der Waals surface area (Å²) in [6.45, 7) is 0.772. The van der Waals surface area contributed by atoms with Crippen molar-refractivity contribution in [2.45, 2.75) is 31.9 Å². The molecule has 0 bridgehead atoms. The van der Waals surface area contributed by atoms with Crippen molar-refractivity contribution in [1.29, 1.82) is 0 Å². The summed E-state index contributed by atoms with van der Waals surface area (Å²) in [6, 6.07) is 9.02. The first-order valence-electron chi connectivity index (χ1n) is 8.76. The molecule has 29 heavy (non-hydrogen) atoms. The van der Waals surface area contributed by atoms with Gasteiger partial charge in [-0.05, 0) is 54.8 Å². The minimum atomic E-state index is -3.70. The van der Waals surface area contributed by atoms with Crippen LogP contribution in [0.2, 0.25) is 0 Å². The second-order valence-corrected chi connectivity index (χ2v) is 9.01. The van der Waals surface area contributed by atoms with Gasteiger partial charge in [0.15, 0.2) is 0 Å². The van der Waals surface area contributed by atoms with Gasteiger partial charge in [-0.3, -0.25) is 4.79 Å². The number of carbonyl (C=O) groups excluding carboxylic acids is 1. The van der Waals surface area contributed by atoms with E-state index in [1.807, 2.05) is 0 Å². The fourth-order valence-electron chi connectivity index (χ4n) is 2.76. The molecule has 1 amide bonds. The largest absolute Gasteiger partial charge is 0.435 e. The van der Waals surface area contributed by atoms with Crippen LogP contribution in [-0.4, -0.2) is 51.3 Å². The van der Waals surface area contributed by atoms with Crippen molar-refractivity contribution in [2.75, 3.05) is 21.1 Å². The highest BCUT2D eigenvalue weighted by Crippen LogP contribution is 2.24. The SMILES string of the molecule is Cc1cc(C(=O)N(C)Cc2ccc(OC(F)F)cc2)cc(S(=O)(=O)N(C)C)c1C. The molecule has 0 aliphatic carbocycles. The Labute approximate surface area is 169 Å². The highest BCUT2D eigenvalue weighted by Gasteiger charge is 2.24. The lowest BCUT2D eigenvalue weighted by atomic mass is 10.1. The van der Waals surface area contributed by atoms with Crippen molar-refractivity contribution >= 4 is 15.9 Å². The molecule has 9 heteroatoms. The molecule has 0 fully saturated rings. The van der Waals surface area contributed by atoms with E-state index >= 15 is 0 Å². The van der Waals surface area contributed by atoms with Crippen molar-refractivity contribution in [3.8, 4) is 5.75 Å². The zero-order chi connectivity index (χ0) is 21.9. The van der Waals surface area contributed by atoms with Crippen molar-refractivity contribution in [2.24, 2.45) is 0 Å². The van der Waals surface area contributed by atoms with Gasteiger partial charge >= 0.3 is 6.61 Å². The quantitative estimate of drug-likeness (QED) is 0.680. The number of hydrogen-bond acceptors (Lipinski definition) is 4. The first kappa shape index (κ1) is 22.8. The summed E-state index contributed by atoms with van der Waals surface area (Å²) < 4.78 is 55.0. The van der Waals surface area contributed by atoms with E-state index in [-0.39, 0.29) is 28.7 Å². The summed E-state index contributed by atoms with van der Waals surface area (Å²) in [5, 5.41) is 0. The van der Waals surface area contributed by atoms with Gasteiger partial charge in [-0.15, -0.1) is 0 Å². The summed E-state index contributed by atoms with van der Waals surface area (Å²) >= 11 is 0. The Morgan fingerprint density at radius 1 is 1.07 bits per heavy atom. The zero-order valence-electron chi connectivity index (χ0n) is 16.9. The van der Waals surface area contributed by atoms with Crippen LogP contribution in [0.1, 0.15) is 27.0 Å². The minimum absolute atomic E-state index is 0.0328. The van der Waals surface area contributed by atoms with Gasteiger partial charge in [-0.1, -0.05) is 12.1 Å². The van der Waals surface area contributed by atoms with Crippen LogP contribution >= 0.6 is 0 Å². The third-order valence-electron chi connectivity index (χ3n) is 4.54. The number of halogens is 2. The minimum Gasteiger partial charge on any atom is -0.435 e. The highest BCUT2D eigenvalue weighted by molar-refractivity contribution is 7.89. The number of benzene rings is 2. The third-order valence-corrected chi connectivity index (χ3v) is 6.48. The lowest BCUT2D eigenvalue weighted by Gasteiger charge is -2.20. The Kier molecular flexibility index (Phi) is 6.97. The Balaban J connectivity index is 2.26. The Morgan fingerprint density at radius 2 is 1.66 bits per heavy atom.